The van der Waals surface area contributed by atoms with Crippen LogP contribution in [0.4, 0.5) is 0 Å². The minimum Gasteiger partial charge on any atom is -0.312 e. The second kappa shape index (κ2) is 5.62. The van der Waals surface area contributed by atoms with Gasteiger partial charge in [0.25, 0.3) is 0 Å². The SMILES string of the molecule is CNC(c1sc(C)nc1C)C1CCCc2cccnc21. The lowest BCUT2D eigenvalue weighted by Gasteiger charge is -2.31. The van der Waals surface area contributed by atoms with Crippen molar-refractivity contribution in [3.63, 3.8) is 0 Å². The van der Waals surface area contributed by atoms with Crippen molar-refractivity contribution in [2.24, 2.45) is 0 Å². The minimum atomic E-state index is 0.329. The maximum absolute atomic E-state index is 4.68. The van der Waals surface area contributed by atoms with Crippen molar-refractivity contribution in [1.29, 1.82) is 0 Å². The number of hydrogen-bond acceptors (Lipinski definition) is 4. The quantitative estimate of drug-likeness (QED) is 0.938. The molecule has 2 unspecified atom stereocenters. The Balaban J connectivity index is 2.01. The molecule has 2 heterocycles. The molecule has 0 aliphatic heterocycles. The zero-order chi connectivity index (χ0) is 14.1. The van der Waals surface area contributed by atoms with Gasteiger partial charge in [0.1, 0.15) is 0 Å². The smallest absolute Gasteiger partial charge is 0.0900 e. The van der Waals surface area contributed by atoms with Gasteiger partial charge in [-0.05, 0) is 51.8 Å². The van der Waals surface area contributed by atoms with E-state index in [1.807, 2.05) is 17.5 Å². The molecule has 0 aromatic carbocycles. The number of thiazole rings is 1. The largest absolute Gasteiger partial charge is 0.312 e. The van der Waals surface area contributed by atoms with E-state index in [4.69, 9.17) is 0 Å². The first-order chi connectivity index (χ1) is 9.70. The van der Waals surface area contributed by atoms with Crippen LogP contribution in [0.25, 0.3) is 0 Å². The topological polar surface area (TPSA) is 37.8 Å². The van der Waals surface area contributed by atoms with Crippen molar-refractivity contribution in [2.75, 3.05) is 7.05 Å². The van der Waals surface area contributed by atoms with Crippen molar-refractivity contribution in [2.45, 2.75) is 45.1 Å². The summed E-state index contributed by atoms with van der Waals surface area (Å²) in [4.78, 5) is 10.6. The highest BCUT2D eigenvalue weighted by molar-refractivity contribution is 7.11. The molecule has 0 spiro atoms. The monoisotopic (exact) mass is 287 g/mol. The Bertz CT molecular complexity index is 606. The molecular formula is C16H21N3S. The van der Waals surface area contributed by atoms with Gasteiger partial charge in [0.15, 0.2) is 0 Å². The molecule has 1 aliphatic rings. The third-order valence-electron chi connectivity index (χ3n) is 4.17. The van der Waals surface area contributed by atoms with E-state index in [-0.39, 0.29) is 0 Å². The average Bonchev–Trinajstić information content (AvgIpc) is 2.79. The summed E-state index contributed by atoms with van der Waals surface area (Å²) >= 11 is 1.81. The van der Waals surface area contributed by atoms with Crippen LogP contribution in [0.3, 0.4) is 0 Å². The van der Waals surface area contributed by atoms with E-state index in [9.17, 15) is 0 Å². The lowest BCUT2D eigenvalue weighted by atomic mass is 9.81. The number of aromatic nitrogens is 2. The van der Waals surface area contributed by atoms with Gasteiger partial charge in [-0.25, -0.2) is 4.98 Å². The van der Waals surface area contributed by atoms with E-state index >= 15 is 0 Å². The molecule has 0 saturated carbocycles. The predicted octanol–water partition coefficient (Wildman–Crippen LogP) is 3.54. The van der Waals surface area contributed by atoms with E-state index in [0.29, 0.717) is 12.0 Å². The van der Waals surface area contributed by atoms with Gasteiger partial charge in [-0.2, -0.15) is 0 Å². The zero-order valence-corrected chi connectivity index (χ0v) is 13.1. The van der Waals surface area contributed by atoms with Crippen LogP contribution < -0.4 is 5.32 Å². The summed E-state index contributed by atoms with van der Waals surface area (Å²) in [7, 11) is 2.05. The molecule has 0 bridgehead atoms. The fourth-order valence-electron chi connectivity index (χ4n) is 3.32. The molecule has 1 aliphatic carbocycles. The lowest BCUT2D eigenvalue weighted by Crippen LogP contribution is -2.27. The molecule has 0 amide bonds. The number of rotatable bonds is 3. The molecule has 2 aromatic heterocycles. The molecule has 3 nitrogen and oxygen atoms in total. The van der Waals surface area contributed by atoms with Crippen molar-refractivity contribution < 1.29 is 0 Å². The third-order valence-corrected chi connectivity index (χ3v) is 5.33. The molecule has 0 fully saturated rings. The molecule has 2 aromatic rings. The highest BCUT2D eigenvalue weighted by Gasteiger charge is 2.31. The van der Waals surface area contributed by atoms with E-state index in [1.54, 1.807) is 0 Å². The van der Waals surface area contributed by atoms with Crippen LogP contribution in [0.15, 0.2) is 18.3 Å². The molecule has 0 radical (unpaired) electrons. The number of nitrogens with one attached hydrogen (secondary N) is 1. The van der Waals surface area contributed by atoms with Crippen LogP contribution in [-0.4, -0.2) is 17.0 Å². The number of nitrogens with zero attached hydrogens (tertiary/aromatic N) is 2. The van der Waals surface area contributed by atoms with Gasteiger partial charge in [0.2, 0.25) is 0 Å². The Labute approximate surface area is 124 Å². The molecular weight excluding hydrogens is 266 g/mol. The van der Waals surface area contributed by atoms with Gasteiger partial charge in [-0.3, -0.25) is 4.98 Å². The summed E-state index contributed by atoms with van der Waals surface area (Å²) in [6, 6.07) is 4.61. The predicted molar refractivity (Wildman–Crippen MR) is 83.3 cm³/mol. The summed E-state index contributed by atoms with van der Waals surface area (Å²) in [6.45, 7) is 4.20. The third kappa shape index (κ3) is 2.38. The molecule has 4 heteroatoms. The van der Waals surface area contributed by atoms with Crippen LogP contribution in [0.1, 0.15) is 51.6 Å². The van der Waals surface area contributed by atoms with Gasteiger partial charge in [0, 0.05) is 22.7 Å². The fraction of sp³-hybridized carbons (Fsp3) is 0.500. The van der Waals surface area contributed by atoms with Gasteiger partial charge < -0.3 is 5.32 Å². The number of likely N-dealkylation sites (N-methyl/N-ethyl adjacent to an activating group) is 1. The summed E-state index contributed by atoms with van der Waals surface area (Å²) in [5.74, 6) is 0.462. The standard InChI is InChI=1S/C16H21N3S/c1-10-16(20-11(2)19-10)15(17-3)13-8-4-6-12-7-5-9-18-14(12)13/h5,7,9,13,15,17H,4,6,8H2,1-3H3. The Morgan fingerprint density at radius 1 is 1.40 bits per heavy atom. The first-order valence-electron chi connectivity index (χ1n) is 7.25. The van der Waals surface area contributed by atoms with Crippen LogP contribution in [-0.2, 0) is 6.42 Å². The van der Waals surface area contributed by atoms with Crippen molar-refractivity contribution in [3.05, 3.63) is 45.2 Å². The number of fused-ring (bicyclic) bond motifs is 1. The molecule has 20 heavy (non-hydrogen) atoms. The fourth-order valence-corrected chi connectivity index (χ4v) is 4.42. The number of aryl methyl sites for hydroxylation is 3. The maximum atomic E-state index is 4.68. The zero-order valence-electron chi connectivity index (χ0n) is 12.3. The first-order valence-corrected chi connectivity index (χ1v) is 8.07. The lowest BCUT2D eigenvalue weighted by molar-refractivity contribution is 0.419. The molecule has 1 N–H and O–H groups in total. The van der Waals surface area contributed by atoms with Crippen molar-refractivity contribution >= 4 is 11.3 Å². The van der Waals surface area contributed by atoms with Crippen molar-refractivity contribution in [3.8, 4) is 0 Å². The minimum absolute atomic E-state index is 0.329. The molecule has 2 atom stereocenters. The highest BCUT2D eigenvalue weighted by atomic mass is 32.1. The summed E-state index contributed by atoms with van der Waals surface area (Å²) < 4.78 is 0. The van der Waals surface area contributed by atoms with Gasteiger partial charge in [0.05, 0.1) is 16.7 Å². The second-order valence-electron chi connectivity index (χ2n) is 5.50. The van der Waals surface area contributed by atoms with E-state index in [2.05, 4.69) is 48.3 Å². The van der Waals surface area contributed by atoms with Crippen LogP contribution in [0, 0.1) is 13.8 Å². The normalized spacial score (nSPS) is 19.6. The van der Waals surface area contributed by atoms with Gasteiger partial charge >= 0.3 is 0 Å². The van der Waals surface area contributed by atoms with Gasteiger partial charge in [-0.1, -0.05) is 6.07 Å². The molecule has 3 rings (SSSR count). The number of pyridine rings is 1. The van der Waals surface area contributed by atoms with Crippen LogP contribution >= 0.6 is 11.3 Å². The van der Waals surface area contributed by atoms with Crippen molar-refractivity contribution in [1.82, 2.24) is 15.3 Å². The highest BCUT2D eigenvalue weighted by Crippen LogP contribution is 2.41. The van der Waals surface area contributed by atoms with Crippen LogP contribution in [0.2, 0.25) is 0 Å². The van der Waals surface area contributed by atoms with Gasteiger partial charge in [-0.15, -0.1) is 11.3 Å². The number of hydrogen-bond donors (Lipinski definition) is 1. The second-order valence-corrected chi connectivity index (χ2v) is 6.73. The Morgan fingerprint density at radius 2 is 2.25 bits per heavy atom. The maximum Gasteiger partial charge on any atom is 0.0900 e. The Kier molecular flexibility index (Phi) is 3.85. The Hall–Kier alpha value is -1.26. The van der Waals surface area contributed by atoms with E-state index in [1.165, 1.54) is 29.0 Å². The van der Waals surface area contributed by atoms with Crippen LogP contribution in [0.5, 0.6) is 0 Å². The summed E-state index contributed by atoms with van der Waals surface area (Å²) in [5.41, 5.74) is 3.86. The van der Waals surface area contributed by atoms with E-state index in [0.717, 1.165) is 17.1 Å². The summed E-state index contributed by atoms with van der Waals surface area (Å²) in [6.07, 6.45) is 5.54. The molecule has 106 valence electrons. The first kappa shape index (κ1) is 13.7. The summed E-state index contributed by atoms with van der Waals surface area (Å²) in [5, 5.41) is 4.66. The molecule has 0 saturated heterocycles. The Morgan fingerprint density at radius 3 is 2.95 bits per heavy atom. The average molecular weight is 287 g/mol. The van der Waals surface area contributed by atoms with E-state index < -0.39 is 0 Å².